The van der Waals surface area contributed by atoms with Crippen LogP contribution < -0.4 is 14.5 Å². The fraction of sp³-hybridized carbons (Fsp3) is 0.217. The Labute approximate surface area is 181 Å². The Morgan fingerprint density at radius 3 is 2.28 bits per heavy atom. The number of rotatable bonds is 3. The summed E-state index contributed by atoms with van der Waals surface area (Å²) in [4.78, 5) is 20.5. The van der Waals surface area contributed by atoms with E-state index in [1.165, 1.54) is 42.5 Å². The molecule has 1 aliphatic heterocycles. The molecule has 1 amide bonds. The average molecular weight is 445 g/mol. The maximum atomic E-state index is 13.7. The van der Waals surface area contributed by atoms with E-state index >= 15 is 0 Å². The van der Waals surface area contributed by atoms with E-state index in [2.05, 4.69) is 4.98 Å². The molecule has 4 rings (SSSR count). The Bertz CT molecular complexity index is 1210. The third kappa shape index (κ3) is 3.74. The van der Waals surface area contributed by atoms with Crippen LogP contribution in [-0.2, 0) is 6.18 Å². The van der Waals surface area contributed by atoms with Crippen LogP contribution in [0.4, 0.5) is 34.6 Å². The minimum atomic E-state index is -4.57. The monoisotopic (exact) mass is 445 g/mol. The van der Waals surface area contributed by atoms with Gasteiger partial charge in [0.25, 0.3) is 5.91 Å². The van der Waals surface area contributed by atoms with Gasteiger partial charge in [0.05, 0.1) is 35.8 Å². The normalized spacial score (nSPS) is 13.9. The number of hydrogen-bond donors (Lipinski definition) is 0. The van der Waals surface area contributed by atoms with E-state index in [1.54, 1.807) is 24.8 Å². The van der Waals surface area contributed by atoms with Crippen molar-refractivity contribution in [1.82, 2.24) is 4.98 Å². The molecule has 0 saturated carbocycles. The number of carbonyl (C=O) groups excluding carboxylic acids is 1. The molecular weight excluding hydrogens is 426 g/mol. The molecule has 1 aromatic heterocycles. The van der Waals surface area contributed by atoms with Gasteiger partial charge in [0.1, 0.15) is 12.5 Å². The molecule has 0 unspecified atom stereocenters. The molecule has 5 nitrogen and oxygen atoms in total. The first-order chi connectivity index (χ1) is 15.1. The second-order valence-corrected chi connectivity index (χ2v) is 7.48. The fourth-order valence-corrected chi connectivity index (χ4v) is 3.77. The molecule has 0 fully saturated rings. The lowest BCUT2D eigenvalue weighted by atomic mass is 10.0. The number of amides is 1. The van der Waals surface area contributed by atoms with E-state index in [0.29, 0.717) is 28.4 Å². The highest BCUT2D eigenvalue weighted by Crippen LogP contribution is 2.41. The number of halogens is 4. The molecule has 3 aromatic rings. The van der Waals surface area contributed by atoms with Crippen molar-refractivity contribution in [3.05, 3.63) is 76.7 Å². The molecule has 1 aliphatic rings. The summed E-state index contributed by atoms with van der Waals surface area (Å²) in [7, 11) is 1.47. The summed E-state index contributed by atoms with van der Waals surface area (Å²) in [6.07, 6.45) is -3.09. The molecule has 32 heavy (non-hydrogen) atoms. The number of aromatic nitrogens is 1. The van der Waals surface area contributed by atoms with Gasteiger partial charge in [-0.25, -0.2) is 9.37 Å². The van der Waals surface area contributed by atoms with Crippen LogP contribution in [0.3, 0.4) is 0 Å². The zero-order valence-corrected chi connectivity index (χ0v) is 17.5. The van der Waals surface area contributed by atoms with E-state index in [4.69, 9.17) is 4.74 Å². The summed E-state index contributed by atoms with van der Waals surface area (Å²) >= 11 is 0. The molecule has 0 N–H and O–H groups in total. The lowest BCUT2D eigenvalue weighted by molar-refractivity contribution is -0.137. The van der Waals surface area contributed by atoms with Crippen molar-refractivity contribution in [3.8, 4) is 5.88 Å². The molecular formula is C23H19F4N3O2. The molecule has 0 atom stereocenters. The van der Waals surface area contributed by atoms with Crippen LogP contribution in [0, 0.1) is 19.7 Å². The second kappa shape index (κ2) is 7.81. The predicted molar refractivity (Wildman–Crippen MR) is 112 cm³/mol. The lowest BCUT2D eigenvalue weighted by Gasteiger charge is -2.39. The van der Waals surface area contributed by atoms with Crippen LogP contribution in [0.15, 0.2) is 48.7 Å². The highest BCUT2D eigenvalue weighted by Gasteiger charge is 2.37. The van der Waals surface area contributed by atoms with E-state index in [9.17, 15) is 22.4 Å². The van der Waals surface area contributed by atoms with Gasteiger partial charge >= 0.3 is 6.18 Å². The van der Waals surface area contributed by atoms with Crippen molar-refractivity contribution in [2.45, 2.75) is 20.0 Å². The quantitative estimate of drug-likeness (QED) is 0.491. The summed E-state index contributed by atoms with van der Waals surface area (Å²) in [5.74, 6) is -0.548. The summed E-state index contributed by atoms with van der Waals surface area (Å²) < 4.78 is 59.0. The molecule has 2 heterocycles. The van der Waals surface area contributed by atoms with Crippen LogP contribution in [0.1, 0.15) is 27.0 Å². The maximum absolute atomic E-state index is 13.7. The number of nitrogens with zero attached hydrogens (tertiary/aromatic N) is 3. The Balaban J connectivity index is 1.90. The second-order valence-electron chi connectivity index (χ2n) is 7.48. The van der Waals surface area contributed by atoms with Gasteiger partial charge in [0.2, 0.25) is 5.88 Å². The largest absolute Gasteiger partial charge is 0.481 e. The standard InChI is InChI=1S/C23H19F4N3O2/c1-13-8-16(24)5-7-18(13)29-12-30(20-11-28-21(32-3)9-14(20)2)22(31)17-6-4-15(10-19(17)29)23(25,26)27/h4-11H,12H2,1-3H3. The number of ether oxygens (including phenoxy) is 1. The van der Waals surface area contributed by atoms with Crippen molar-refractivity contribution in [2.75, 3.05) is 23.6 Å². The van der Waals surface area contributed by atoms with Gasteiger partial charge < -0.3 is 9.64 Å². The first-order valence-electron chi connectivity index (χ1n) is 9.67. The van der Waals surface area contributed by atoms with Crippen molar-refractivity contribution >= 4 is 23.0 Å². The van der Waals surface area contributed by atoms with Gasteiger partial charge in [-0.15, -0.1) is 0 Å². The zero-order valence-electron chi connectivity index (χ0n) is 17.5. The number of alkyl halides is 3. The highest BCUT2D eigenvalue weighted by molar-refractivity contribution is 6.13. The van der Waals surface area contributed by atoms with E-state index in [-0.39, 0.29) is 17.9 Å². The van der Waals surface area contributed by atoms with Gasteiger partial charge in [-0.05, 0) is 61.4 Å². The Morgan fingerprint density at radius 2 is 1.66 bits per heavy atom. The molecule has 0 saturated heterocycles. The smallest absolute Gasteiger partial charge is 0.416 e. The SMILES string of the molecule is COc1cc(C)c(N2CN(c3ccc(F)cc3C)c3cc(C(F)(F)F)ccc3C2=O)cn1. The highest BCUT2D eigenvalue weighted by atomic mass is 19.4. The minimum absolute atomic E-state index is 0.0749. The maximum Gasteiger partial charge on any atom is 0.416 e. The average Bonchev–Trinajstić information content (AvgIpc) is 2.74. The summed E-state index contributed by atoms with van der Waals surface area (Å²) in [5.41, 5.74) is 1.54. The molecule has 0 radical (unpaired) electrons. The molecule has 166 valence electrons. The summed E-state index contributed by atoms with van der Waals surface area (Å²) in [5, 5.41) is 0. The topological polar surface area (TPSA) is 45.7 Å². The molecule has 2 aromatic carbocycles. The number of aryl methyl sites for hydroxylation is 2. The van der Waals surface area contributed by atoms with Gasteiger partial charge in [-0.3, -0.25) is 9.69 Å². The van der Waals surface area contributed by atoms with E-state index in [0.717, 1.165) is 12.1 Å². The van der Waals surface area contributed by atoms with Crippen molar-refractivity contribution < 1.29 is 27.1 Å². The number of carbonyl (C=O) groups is 1. The first kappa shape index (κ1) is 21.6. The number of hydrogen-bond acceptors (Lipinski definition) is 4. The van der Waals surface area contributed by atoms with Crippen LogP contribution >= 0.6 is 0 Å². The molecule has 0 aliphatic carbocycles. The Morgan fingerprint density at radius 1 is 0.938 bits per heavy atom. The van der Waals surface area contributed by atoms with E-state index in [1.807, 2.05) is 0 Å². The molecule has 0 spiro atoms. The third-order valence-corrected chi connectivity index (χ3v) is 5.38. The third-order valence-electron chi connectivity index (χ3n) is 5.38. The van der Waals surface area contributed by atoms with Gasteiger partial charge in [-0.1, -0.05) is 0 Å². The summed E-state index contributed by atoms with van der Waals surface area (Å²) in [6, 6.07) is 8.69. The number of pyridine rings is 1. The van der Waals surface area contributed by atoms with Crippen molar-refractivity contribution in [2.24, 2.45) is 0 Å². The van der Waals surface area contributed by atoms with Crippen molar-refractivity contribution in [1.29, 1.82) is 0 Å². The Hall–Kier alpha value is -3.62. The van der Waals surface area contributed by atoms with Crippen LogP contribution in [0.2, 0.25) is 0 Å². The first-order valence-corrected chi connectivity index (χ1v) is 9.67. The van der Waals surface area contributed by atoms with Crippen LogP contribution in [-0.4, -0.2) is 24.7 Å². The van der Waals surface area contributed by atoms with Gasteiger partial charge in [-0.2, -0.15) is 13.2 Å². The van der Waals surface area contributed by atoms with Gasteiger partial charge in [0, 0.05) is 11.8 Å². The predicted octanol–water partition coefficient (Wildman–Crippen LogP) is 5.62. The van der Waals surface area contributed by atoms with Gasteiger partial charge in [0.15, 0.2) is 0 Å². The zero-order chi connectivity index (χ0) is 23.2. The molecule has 9 heteroatoms. The number of anilines is 3. The fourth-order valence-electron chi connectivity index (χ4n) is 3.77. The summed E-state index contributed by atoms with van der Waals surface area (Å²) in [6.45, 7) is 3.36. The van der Waals surface area contributed by atoms with Crippen LogP contribution in [0.5, 0.6) is 5.88 Å². The van der Waals surface area contributed by atoms with E-state index < -0.39 is 23.5 Å². The lowest BCUT2D eigenvalue weighted by Crippen LogP contribution is -2.45. The van der Waals surface area contributed by atoms with Crippen LogP contribution in [0.25, 0.3) is 0 Å². The molecule has 0 bridgehead atoms. The number of benzene rings is 2. The number of methoxy groups -OCH3 is 1. The Kier molecular flexibility index (Phi) is 5.28. The minimum Gasteiger partial charge on any atom is -0.481 e. The van der Waals surface area contributed by atoms with Crippen molar-refractivity contribution in [3.63, 3.8) is 0 Å². The number of fused-ring (bicyclic) bond motifs is 1.